The van der Waals surface area contributed by atoms with Gasteiger partial charge in [0.1, 0.15) is 5.76 Å². The molecule has 0 fully saturated rings. The molecule has 124 valence electrons. The summed E-state index contributed by atoms with van der Waals surface area (Å²) >= 11 is 0. The Labute approximate surface area is 138 Å². The van der Waals surface area contributed by atoms with Crippen LogP contribution in [0.5, 0.6) is 11.5 Å². The van der Waals surface area contributed by atoms with Crippen LogP contribution in [0.2, 0.25) is 0 Å². The molecular weight excluding hydrogens is 290 g/mol. The van der Waals surface area contributed by atoms with Crippen LogP contribution in [0.1, 0.15) is 37.4 Å². The molecule has 0 saturated carbocycles. The van der Waals surface area contributed by atoms with E-state index >= 15 is 0 Å². The maximum absolute atomic E-state index is 10.2. The first kappa shape index (κ1) is 15.9. The summed E-state index contributed by atoms with van der Waals surface area (Å²) in [5, 5.41) is 10.2. The molecule has 3 rings (SSSR count). The number of allylic oxidation sites excluding steroid dienone is 2. The van der Waals surface area contributed by atoms with E-state index in [1.807, 2.05) is 25.1 Å². The number of aromatic hydroxyl groups is 1. The second kappa shape index (κ2) is 6.28. The number of nitrogens with zero attached hydrogens (tertiary/aromatic N) is 1. The minimum atomic E-state index is 0.221. The van der Waals surface area contributed by atoms with Crippen molar-refractivity contribution in [1.82, 2.24) is 4.90 Å². The minimum Gasteiger partial charge on any atom is -0.504 e. The molecule has 23 heavy (non-hydrogen) atoms. The van der Waals surface area contributed by atoms with Gasteiger partial charge in [-0.15, -0.1) is 0 Å². The number of hydrogen-bond acceptors (Lipinski definition) is 4. The van der Waals surface area contributed by atoms with Gasteiger partial charge >= 0.3 is 0 Å². The molecule has 1 N–H and O–H groups in total. The molecule has 0 aromatic heterocycles. The van der Waals surface area contributed by atoms with Gasteiger partial charge < -0.3 is 14.6 Å². The summed E-state index contributed by atoms with van der Waals surface area (Å²) in [6.45, 7) is 6.19. The van der Waals surface area contributed by atoms with Gasteiger partial charge in [0.05, 0.1) is 14.2 Å². The molecule has 2 aliphatic heterocycles. The third kappa shape index (κ3) is 2.72. The summed E-state index contributed by atoms with van der Waals surface area (Å²) in [5.74, 6) is 1.75. The first-order chi connectivity index (χ1) is 11.1. The van der Waals surface area contributed by atoms with Crippen molar-refractivity contribution in [2.75, 3.05) is 27.3 Å². The molecule has 0 aliphatic carbocycles. The number of phenols is 1. The van der Waals surface area contributed by atoms with Crippen molar-refractivity contribution in [1.29, 1.82) is 0 Å². The van der Waals surface area contributed by atoms with E-state index in [2.05, 4.69) is 11.8 Å². The van der Waals surface area contributed by atoms with E-state index in [9.17, 15) is 5.11 Å². The van der Waals surface area contributed by atoms with Crippen molar-refractivity contribution in [3.63, 3.8) is 0 Å². The number of benzene rings is 1. The molecule has 0 spiro atoms. The van der Waals surface area contributed by atoms with Gasteiger partial charge in [0.25, 0.3) is 0 Å². The Bertz CT molecular complexity index is 675. The maximum atomic E-state index is 10.2. The van der Waals surface area contributed by atoms with Crippen molar-refractivity contribution in [2.24, 2.45) is 0 Å². The van der Waals surface area contributed by atoms with E-state index in [-0.39, 0.29) is 5.75 Å². The summed E-state index contributed by atoms with van der Waals surface area (Å²) in [7, 11) is 3.33. The van der Waals surface area contributed by atoms with Crippen LogP contribution in [0.3, 0.4) is 0 Å². The molecular formula is C19H25NO3. The van der Waals surface area contributed by atoms with E-state index in [0.29, 0.717) is 11.8 Å². The second-order valence-corrected chi connectivity index (χ2v) is 6.28. The lowest BCUT2D eigenvalue weighted by atomic mass is 9.83. The highest BCUT2D eigenvalue weighted by molar-refractivity contribution is 5.50. The van der Waals surface area contributed by atoms with Gasteiger partial charge in [0, 0.05) is 19.1 Å². The molecule has 1 aromatic carbocycles. The molecule has 0 unspecified atom stereocenters. The average Bonchev–Trinajstić information content (AvgIpc) is 2.56. The molecule has 1 atom stereocenters. The fourth-order valence-corrected chi connectivity index (χ4v) is 3.86. The largest absolute Gasteiger partial charge is 0.504 e. The molecule has 2 heterocycles. The van der Waals surface area contributed by atoms with Crippen LogP contribution in [0.4, 0.5) is 0 Å². The third-order valence-corrected chi connectivity index (χ3v) is 5.04. The highest BCUT2D eigenvalue weighted by Crippen LogP contribution is 2.43. The topological polar surface area (TPSA) is 41.9 Å². The highest BCUT2D eigenvalue weighted by Gasteiger charge is 2.34. The minimum absolute atomic E-state index is 0.221. The van der Waals surface area contributed by atoms with Crippen LogP contribution < -0.4 is 4.74 Å². The summed E-state index contributed by atoms with van der Waals surface area (Å²) in [4.78, 5) is 2.50. The Hall–Kier alpha value is -1.94. The van der Waals surface area contributed by atoms with Crippen LogP contribution in [0.25, 0.3) is 0 Å². The number of methoxy groups -OCH3 is 2. The Morgan fingerprint density at radius 3 is 2.78 bits per heavy atom. The standard InChI is InChI=1S/C19H25NO3/c1-5-18(22-3)14-9-16-15-10-17(21)19(23-4)8-13(15)6-7-20(16)11-12(14)2/h5,8,10,16,21H,6-7,9,11H2,1-4H3/b18-5+/t16-/m0/s1. The first-order valence-electron chi connectivity index (χ1n) is 8.12. The summed E-state index contributed by atoms with van der Waals surface area (Å²) in [6.07, 6.45) is 3.94. The smallest absolute Gasteiger partial charge is 0.160 e. The van der Waals surface area contributed by atoms with Gasteiger partial charge in [-0.05, 0) is 61.6 Å². The van der Waals surface area contributed by atoms with Crippen LogP contribution in [0.15, 0.2) is 35.1 Å². The van der Waals surface area contributed by atoms with Crippen molar-refractivity contribution in [3.8, 4) is 11.5 Å². The molecule has 1 aromatic rings. The van der Waals surface area contributed by atoms with Crippen molar-refractivity contribution < 1.29 is 14.6 Å². The van der Waals surface area contributed by atoms with Crippen molar-refractivity contribution in [3.05, 3.63) is 46.2 Å². The number of fused-ring (bicyclic) bond motifs is 3. The Morgan fingerprint density at radius 2 is 2.13 bits per heavy atom. The fourth-order valence-electron chi connectivity index (χ4n) is 3.86. The fraction of sp³-hybridized carbons (Fsp3) is 0.474. The number of phenolic OH excluding ortho intramolecular Hbond substituents is 1. The van der Waals surface area contributed by atoms with Crippen molar-refractivity contribution >= 4 is 0 Å². The van der Waals surface area contributed by atoms with Crippen LogP contribution in [-0.2, 0) is 11.2 Å². The van der Waals surface area contributed by atoms with Gasteiger partial charge in [0.2, 0.25) is 0 Å². The molecule has 0 amide bonds. The Balaban J connectivity index is 2.00. The molecule has 0 saturated heterocycles. The zero-order valence-electron chi connectivity index (χ0n) is 14.3. The molecule has 2 aliphatic rings. The van der Waals surface area contributed by atoms with E-state index in [4.69, 9.17) is 9.47 Å². The predicted octanol–water partition coefficient (Wildman–Crippen LogP) is 3.57. The number of rotatable bonds is 3. The van der Waals surface area contributed by atoms with Gasteiger partial charge in [0.15, 0.2) is 11.5 Å². The van der Waals surface area contributed by atoms with Gasteiger partial charge in [-0.1, -0.05) is 5.57 Å². The zero-order valence-corrected chi connectivity index (χ0v) is 14.3. The third-order valence-electron chi connectivity index (χ3n) is 5.04. The van der Waals surface area contributed by atoms with Crippen LogP contribution in [-0.4, -0.2) is 37.3 Å². The molecule has 0 radical (unpaired) electrons. The normalized spacial score (nSPS) is 21.7. The zero-order chi connectivity index (χ0) is 16.6. The summed E-state index contributed by atoms with van der Waals surface area (Å²) < 4.78 is 10.8. The average molecular weight is 315 g/mol. The van der Waals surface area contributed by atoms with Gasteiger partial charge in [-0.25, -0.2) is 0 Å². The lowest BCUT2D eigenvalue weighted by Gasteiger charge is -2.42. The Morgan fingerprint density at radius 1 is 1.35 bits per heavy atom. The molecule has 0 bridgehead atoms. The van der Waals surface area contributed by atoms with Gasteiger partial charge in [-0.2, -0.15) is 0 Å². The van der Waals surface area contributed by atoms with Crippen LogP contribution >= 0.6 is 0 Å². The number of ether oxygens (including phenoxy) is 2. The van der Waals surface area contributed by atoms with Crippen LogP contribution in [0, 0.1) is 0 Å². The quantitative estimate of drug-likeness (QED) is 0.866. The SMILES string of the molecule is C/C=C(/OC)C1=C(C)CN2CCc3cc(OC)c(O)cc3[C@@H]2C1. The number of hydrogen-bond donors (Lipinski definition) is 1. The summed E-state index contributed by atoms with van der Waals surface area (Å²) in [6, 6.07) is 4.16. The summed E-state index contributed by atoms with van der Waals surface area (Å²) in [5.41, 5.74) is 5.15. The maximum Gasteiger partial charge on any atom is 0.160 e. The first-order valence-corrected chi connectivity index (χ1v) is 8.12. The lowest BCUT2D eigenvalue weighted by molar-refractivity contribution is 0.180. The predicted molar refractivity (Wildman–Crippen MR) is 90.8 cm³/mol. The van der Waals surface area contributed by atoms with Crippen molar-refractivity contribution in [2.45, 2.75) is 32.7 Å². The highest BCUT2D eigenvalue weighted by atomic mass is 16.5. The Kier molecular flexibility index (Phi) is 4.35. The van der Waals surface area contributed by atoms with Gasteiger partial charge in [-0.3, -0.25) is 4.90 Å². The molecule has 4 nitrogen and oxygen atoms in total. The second-order valence-electron chi connectivity index (χ2n) is 6.28. The van der Waals surface area contributed by atoms with E-state index < -0.39 is 0 Å². The van der Waals surface area contributed by atoms with E-state index in [1.54, 1.807) is 14.2 Å². The van der Waals surface area contributed by atoms with E-state index in [1.165, 1.54) is 22.3 Å². The monoisotopic (exact) mass is 315 g/mol. The lowest BCUT2D eigenvalue weighted by Crippen LogP contribution is -2.39. The van der Waals surface area contributed by atoms with E-state index in [0.717, 1.165) is 31.7 Å². The molecule has 4 heteroatoms.